The van der Waals surface area contributed by atoms with Crippen LogP contribution in [0, 0.1) is 17.5 Å². The molecule has 0 unspecified atom stereocenters. The highest BCUT2D eigenvalue weighted by Gasteiger charge is 2.26. The summed E-state index contributed by atoms with van der Waals surface area (Å²) in [7, 11) is 0. The number of ether oxygens (including phenoxy) is 1. The lowest BCUT2D eigenvalue weighted by Crippen LogP contribution is -2.07. The van der Waals surface area contributed by atoms with Crippen molar-refractivity contribution >= 4 is 23.2 Å². The molecule has 0 aliphatic rings. The average Bonchev–Trinajstić information content (AvgIpc) is 2.18. The van der Waals surface area contributed by atoms with Crippen LogP contribution in [0.4, 0.5) is 22.0 Å². The Hall–Kier alpha value is -0.750. The Kier molecular flexibility index (Phi) is 3.62. The first-order valence-corrected chi connectivity index (χ1v) is 4.08. The van der Waals surface area contributed by atoms with Crippen LogP contribution in [0.1, 0.15) is 0 Å². The molecule has 0 radical (unpaired) electrons. The minimum Gasteiger partial charge on any atom is -0.430 e. The van der Waals surface area contributed by atoms with E-state index in [0.717, 1.165) is 0 Å². The van der Waals surface area contributed by atoms with Crippen LogP contribution in [0.3, 0.4) is 0 Å². The molecule has 0 atom stereocenters. The standard InChI is InChI=1S/C7HCl2F5O/c8-1-2(9)6(15-7(13)14)5(12)4(11)3(1)10/h7H. The molecule has 1 aromatic rings. The van der Waals surface area contributed by atoms with Crippen LogP contribution in [-0.2, 0) is 0 Å². The molecule has 0 saturated heterocycles. The first-order valence-electron chi connectivity index (χ1n) is 3.32. The molecule has 1 aromatic carbocycles. The van der Waals surface area contributed by atoms with Gasteiger partial charge in [0.1, 0.15) is 10.0 Å². The van der Waals surface area contributed by atoms with Crippen molar-refractivity contribution in [2.24, 2.45) is 0 Å². The van der Waals surface area contributed by atoms with Gasteiger partial charge in [-0.2, -0.15) is 13.2 Å². The summed E-state index contributed by atoms with van der Waals surface area (Å²) in [5.74, 6) is -7.07. The van der Waals surface area contributed by atoms with Gasteiger partial charge in [-0.05, 0) is 0 Å². The van der Waals surface area contributed by atoms with Crippen molar-refractivity contribution < 1.29 is 26.7 Å². The first-order chi connectivity index (χ1) is 6.86. The molecule has 84 valence electrons. The normalized spacial score (nSPS) is 10.9. The predicted octanol–water partition coefficient (Wildman–Crippen LogP) is 4.01. The second kappa shape index (κ2) is 4.40. The molecular formula is C7HCl2F5O. The highest BCUT2D eigenvalue weighted by Crippen LogP contribution is 2.38. The minimum absolute atomic E-state index is 0.951. The molecule has 0 fully saturated rings. The molecular weight excluding hydrogens is 266 g/mol. The molecule has 1 nitrogen and oxygen atoms in total. The van der Waals surface area contributed by atoms with E-state index < -0.39 is 39.9 Å². The van der Waals surface area contributed by atoms with Crippen molar-refractivity contribution in [3.05, 3.63) is 27.5 Å². The smallest absolute Gasteiger partial charge is 0.387 e. The van der Waals surface area contributed by atoms with Crippen LogP contribution >= 0.6 is 23.2 Å². The molecule has 0 N–H and O–H groups in total. The molecule has 1 rings (SSSR count). The van der Waals surface area contributed by atoms with Crippen LogP contribution < -0.4 is 4.74 Å². The Balaban J connectivity index is 3.39. The summed E-state index contributed by atoms with van der Waals surface area (Å²) < 4.78 is 65.2. The summed E-state index contributed by atoms with van der Waals surface area (Å²) in [4.78, 5) is 0. The van der Waals surface area contributed by atoms with Crippen LogP contribution in [-0.4, -0.2) is 6.61 Å². The van der Waals surface area contributed by atoms with Crippen LogP contribution in [0.15, 0.2) is 0 Å². The maximum atomic E-state index is 12.8. The van der Waals surface area contributed by atoms with Gasteiger partial charge in [0.25, 0.3) is 0 Å². The Labute approximate surface area is 90.3 Å². The number of halogens is 7. The molecule has 15 heavy (non-hydrogen) atoms. The molecule has 0 aliphatic carbocycles. The highest BCUT2D eigenvalue weighted by molar-refractivity contribution is 6.43. The maximum Gasteiger partial charge on any atom is 0.387 e. The van der Waals surface area contributed by atoms with Gasteiger partial charge in [-0.15, -0.1) is 0 Å². The van der Waals surface area contributed by atoms with Crippen LogP contribution in [0.5, 0.6) is 5.75 Å². The lowest BCUT2D eigenvalue weighted by Gasteiger charge is -2.10. The molecule has 0 heterocycles. The van der Waals surface area contributed by atoms with E-state index in [9.17, 15) is 22.0 Å². The van der Waals surface area contributed by atoms with Gasteiger partial charge in [0, 0.05) is 0 Å². The summed E-state index contributed by atoms with van der Waals surface area (Å²) in [5, 5.41) is -1.97. The number of hydrogen-bond donors (Lipinski definition) is 0. The second-order valence-electron chi connectivity index (χ2n) is 2.28. The SMILES string of the molecule is Fc1c(F)c(Cl)c(Cl)c(OC(F)F)c1F. The van der Waals surface area contributed by atoms with Crippen molar-refractivity contribution in [2.75, 3.05) is 0 Å². The predicted molar refractivity (Wildman–Crippen MR) is 43.0 cm³/mol. The molecule has 0 amide bonds. The average molecular weight is 267 g/mol. The van der Waals surface area contributed by atoms with E-state index in [-0.39, 0.29) is 0 Å². The summed E-state index contributed by atoms with van der Waals surface area (Å²) >= 11 is 10.3. The van der Waals surface area contributed by atoms with Gasteiger partial charge in [0.15, 0.2) is 17.4 Å². The lowest BCUT2D eigenvalue weighted by molar-refractivity contribution is -0.0525. The zero-order valence-electron chi connectivity index (χ0n) is 6.63. The summed E-state index contributed by atoms with van der Waals surface area (Å²) in [5.41, 5.74) is 0. The Bertz CT molecular complexity index is 366. The van der Waals surface area contributed by atoms with Crippen molar-refractivity contribution in [2.45, 2.75) is 6.61 Å². The molecule has 0 aromatic heterocycles. The zero-order valence-corrected chi connectivity index (χ0v) is 8.14. The molecule has 0 aliphatic heterocycles. The number of hydrogen-bond acceptors (Lipinski definition) is 1. The second-order valence-corrected chi connectivity index (χ2v) is 3.03. The van der Waals surface area contributed by atoms with Crippen molar-refractivity contribution in [1.29, 1.82) is 0 Å². The maximum absolute atomic E-state index is 12.8. The van der Waals surface area contributed by atoms with E-state index in [2.05, 4.69) is 4.74 Å². The minimum atomic E-state index is -3.43. The number of alkyl halides is 2. The van der Waals surface area contributed by atoms with E-state index in [1.807, 2.05) is 0 Å². The Morgan fingerprint density at radius 2 is 1.40 bits per heavy atom. The van der Waals surface area contributed by atoms with Gasteiger partial charge in [-0.3, -0.25) is 0 Å². The van der Waals surface area contributed by atoms with Crippen molar-refractivity contribution in [3.63, 3.8) is 0 Å². The summed E-state index contributed by atoms with van der Waals surface area (Å²) in [6.45, 7) is -3.43. The third-order valence-electron chi connectivity index (χ3n) is 1.38. The number of rotatable bonds is 2. The first kappa shape index (κ1) is 12.3. The van der Waals surface area contributed by atoms with E-state index in [4.69, 9.17) is 23.2 Å². The van der Waals surface area contributed by atoms with Crippen molar-refractivity contribution in [3.8, 4) is 5.75 Å². The van der Waals surface area contributed by atoms with E-state index in [1.54, 1.807) is 0 Å². The molecule has 0 bridgehead atoms. The Morgan fingerprint density at radius 1 is 0.867 bits per heavy atom. The van der Waals surface area contributed by atoms with Gasteiger partial charge in [0.05, 0.1) is 0 Å². The van der Waals surface area contributed by atoms with Gasteiger partial charge in [-0.1, -0.05) is 23.2 Å². The monoisotopic (exact) mass is 266 g/mol. The van der Waals surface area contributed by atoms with E-state index in [1.165, 1.54) is 0 Å². The van der Waals surface area contributed by atoms with E-state index in [0.29, 0.717) is 0 Å². The fourth-order valence-corrected chi connectivity index (χ4v) is 1.16. The molecule has 8 heteroatoms. The third kappa shape index (κ3) is 2.26. The third-order valence-corrected chi connectivity index (χ3v) is 2.19. The van der Waals surface area contributed by atoms with Crippen LogP contribution in [0.25, 0.3) is 0 Å². The van der Waals surface area contributed by atoms with Gasteiger partial charge < -0.3 is 4.74 Å². The topological polar surface area (TPSA) is 9.23 Å². The van der Waals surface area contributed by atoms with E-state index >= 15 is 0 Å². The fourth-order valence-electron chi connectivity index (χ4n) is 0.777. The molecule has 0 saturated carbocycles. The summed E-state index contributed by atoms with van der Waals surface area (Å²) in [6, 6.07) is 0. The highest BCUT2D eigenvalue weighted by atomic mass is 35.5. The number of benzene rings is 1. The van der Waals surface area contributed by atoms with Crippen molar-refractivity contribution in [1.82, 2.24) is 0 Å². The molecule has 0 spiro atoms. The van der Waals surface area contributed by atoms with Crippen LogP contribution in [0.2, 0.25) is 10.0 Å². The quantitative estimate of drug-likeness (QED) is 0.447. The lowest BCUT2D eigenvalue weighted by atomic mass is 10.3. The zero-order chi connectivity index (χ0) is 11.7. The van der Waals surface area contributed by atoms with Gasteiger partial charge in [0.2, 0.25) is 5.82 Å². The Morgan fingerprint density at radius 3 is 1.87 bits per heavy atom. The van der Waals surface area contributed by atoms with Gasteiger partial charge in [-0.25, -0.2) is 8.78 Å². The fraction of sp³-hybridized carbons (Fsp3) is 0.143. The largest absolute Gasteiger partial charge is 0.430 e. The van der Waals surface area contributed by atoms with Gasteiger partial charge >= 0.3 is 6.61 Å². The summed E-state index contributed by atoms with van der Waals surface area (Å²) in [6.07, 6.45) is 0.